The number of rotatable bonds is 9. The topological polar surface area (TPSA) is 94.5 Å². The van der Waals surface area contributed by atoms with Crippen molar-refractivity contribution in [2.45, 2.75) is 13.0 Å². The minimum absolute atomic E-state index is 0.0188. The highest BCUT2D eigenvalue weighted by Gasteiger charge is 2.46. The van der Waals surface area contributed by atoms with Crippen LogP contribution in [0.5, 0.6) is 17.2 Å². The number of methoxy groups -OCH3 is 3. The number of aliphatic hydroxyl groups excluding tert-OH is 1. The van der Waals surface area contributed by atoms with Crippen molar-refractivity contribution in [2.24, 2.45) is 0 Å². The van der Waals surface area contributed by atoms with Crippen molar-refractivity contribution in [2.75, 3.05) is 41.1 Å². The summed E-state index contributed by atoms with van der Waals surface area (Å²) in [7, 11) is 4.24. The number of benzene rings is 2. The minimum Gasteiger partial charge on any atom is -0.507 e. The first kappa shape index (κ1) is 25.7. The summed E-state index contributed by atoms with van der Waals surface area (Å²) in [6.07, 6.45) is 0. The first-order valence-electron chi connectivity index (χ1n) is 10.4. The molecule has 1 saturated heterocycles. The van der Waals surface area contributed by atoms with Crippen molar-refractivity contribution in [1.82, 2.24) is 4.90 Å². The average molecular weight is 510 g/mol. The quantitative estimate of drug-likeness (QED) is 0.302. The van der Waals surface area contributed by atoms with Crippen molar-refractivity contribution in [3.63, 3.8) is 0 Å². The van der Waals surface area contributed by atoms with Crippen LogP contribution in [0.15, 0.2) is 35.9 Å². The predicted octanol–water partition coefficient (Wildman–Crippen LogP) is 4.48. The Morgan fingerprint density at radius 2 is 1.71 bits per heavy atom. The largest absolute Gasteiger partial charge is 0.507 e. The van der Waals surface area contributed by atoms with Crippen LogP contribution in [0.4, 0.5) is 0 Å². The smallest absolute Gasteiger partial charge is 0.295 e. The van der Waals surface area contributed by atoms with Crippen LogP contribution >= 0.6 is 23.2 Å². The number of hydrogen-bond donors (Lipinski definition) is 1. The lowest BCUT2D eigenvalue weighted by Gasteiger charge is -2.25. The normalized spacial score (nSPS) is 17.2. The number of halogens is 2. The van der Waals surface area contributed by atoms with E-state index >= 15 is 0 Å². The summed E-state index contributed by atoms with van der Waals surface area (Å²) in [5, 5.41) is 11.4. The maximum atomic E-state index is 13.1. The number of hydrogen-bond acceptors (Lipinski definition) is 7. The molecule has 1 aliphatic heterocycles. The molecule has 1 fully saturated rings. The average Bonchev–Trinajstić information content (AvgIpc) is 3.07. The zero-order chi connectivity index (χ0) is 25.0. The number of carbonyl (C=O) groups excluding carboxylic acids is 2. The van der Waals surface area contributed by atoms with E-state index in [1.54, 1.807) is 24.3 Å². The van der Waals surface area contributed by atoms with E-state index in [4.69, 9.17) is 42.1 Å². The van der Waals surface area contributed by atoms with Gasteiger partial charge in [0.15, 0.2) is 11.5 Å². The lowest BCUT2D eigenvalue weighted by atomic mass is 9.95. The summed E-state index contributed by atoms with van der Waals surface area (Å²) in [5.74, 6) is -1.25. The Labute approximate surface area is 207 Å². The Morgan fingerprint density at radius 1 is 1.06 bits per heavy atom. The number of amides is 1. The highest BCUT2D eigenvalue weighted by Crippen LogP contribution is 2.47. The maximum absolute atomic E-state index is 13.1. The van der Waals surface area contributed by atoms with Crippen LogP contribution in [-0.2, 0) is 14.3 Å². The van der Waals surface area contributed by atoms with Gasteiger partial charge in [0, 0.05) is 13.7 Å². The molecule has 1 atom stereocenters. The summed E-state index contributed by atoms with van der Waals surface area (Å²) in [4.78, 5) is 27.4. The molecule has 8 nitrogen and oxygen atoms in total. The molecular weight excluding hydrogens is 485 g/mol. The lowest BCUT2D eigenvalue weighted by molar-refractivity contribution is -0.140. The van der Waals surface area contributed by atoms with Gasteiger partial charge in [0.25, 0.3) is 11.7 Å². The number of aliphatic hydroxyl groups is 1. The van der Waals surface area contributed by atoms with E-state index in [1.165, 1.54) is 32.3 Å². The van der Waals surface area contributed by atoms with E-state index in [1.807, 2.05) is 6.92 Å². The Kier molecular flexibility index (Phi) is 8.30. The number of carbonyl (C=O) groups is 2. The maximum Gasteiger partial charge on any atom is 0.295 e. The van der Waals surface area contributed by atoms with Crippen molar-refractivity contribution in [3.8, 4) is 17.2 Å². The fourth-order valence-electron chi connectivity index (χ4n) is 3.85. The summed E-state index contributed by atoms with van der Waals surface area (Å²) in [6.45, 7) is 2.69. The second-order valence-electron chi connectivity index (χ2n) is 7.27. The zero-order valence-electron chi connectivity index (χ0n) is 19.2. The molecule has 0 radical (unpaired) electrons. The standard InChI is InChI=1S/C24H25Cl2NO7/c1-5-34-14-8-6-13(7-9-14)19-17(21(29)24(30)27(19)10-11-31-2)20(28)15-12-16(25)23(33-4)18(26)22(15)32-3/h6-9,12,19,28H,5,10-11H2,1-4H3/b20-17+. The monoisotopic (exact) mass is 509 g/mol. The summed E-state index contributed by atoms with van der Waals surface area (Å²) in [5.41, 5.74) is 0.532. The van der Waals surface area contributed by atoms with Gasteiger partial charge in [0.1, 0.15) is 16.5 Å². The van der Waals surface area contributed by atoms with Crippen LogP contribution in [0.1, 0.15) is 24.1 Å². The molecule has 182 valence electrons. The number of likely N-dealkylation sites (tertiary alicyclic amines) is 1. The van der Waals surface area contributed by atoms with E-state index in [0.717, 1.165) is 0 Å². The summed E-state index contributed by atoms with van der Waals surface area (Å²) >= 11 is 12.7. The molecular formula is C24H25Cl2NO7. The number of Topliss-reactive ketones (excluding diaryl/α,β-unsaturated/α-hetero) is 1. The molecule has 1 heterocycles. The van der Waals surface area contributed by atoms with Crippen molar-refractivity contribution in [1.29, 1.82) is 0 Å². The third-order valence-electron chi connectivity index (χ3n) is 5.38. The summed E-state index contributed by atoms with van der Waals surface area (Å²) in [6, 6.07) is 7.43. The highest BCUT2D eigenvalue weighted by molar-refractivity contribution is 6.47. The Bertz CT molecular complexity index is 1120. The molecule has 1 N–H and O–H groups in total. The van der Waals surface area contributed by atoms with Crippen LogP contribution in [0.3, 0.4) is 0 Å². The molecule has 0 spiro atoms. The van der Waals surface area contributed by atoms with E-state index in [0.29, 0.717) is 17.9 Å². The van der Waals surface area contributed by atoms with Crippen molar-refractivity contribution >= 4 is 40.7 Å². The first-order chi connectivity index (χ1) is 16.3. The second-order valence-corrected chi connectivity index (χ2v) is 8.06. The van der Waals surface area contributed by atoms with Gasteiger partial charge >= 0.3 is 0 Å². The fraction of sp³-hybridized carbons (Fsp3) is 0.333. The van der Waals surface area contributed by atoms with Gasteiger partial charge < -0.3 is 29.0 Å². The van der Waals surface area contributed by atoms with E-state index in [2.05, 4.69) is 0 Å². The molecule has 1 amide bonds. The molecule has 0 aromatic heterocycles. The molecule has 34 heavy (non-hydrogen) atoms. The third kappa shape index (κ3) is 4.66. The molecule has 0 aliphatic carbocycles. The first-order valence-corrected chi connectivity index (χ1v) is 11.2. The SMILES string of the molecule is CCOc1ccc(C2/C(=C(\O)c3cc(Cl)c(OC)c(Cl)c3OC)C(=O)C(=O)N2CCOC)cc1. The molecule has 2 aromatic carbocycles. The number of ketones is 1. The number of ether oxygens (including phenoxy) is 4. The molecule has 0 saturated carbocycles. The van der Waals surface area contributed by atoms with Crippen LogP contribution in [0.25, 0.3) is 5.76 Å². The van der Waals surface area contributed by atoms with Gasteiger partial charge in [-0.05, 0) is 30.7 Å². The van der Waals surface area contributed by atoms with Gasteiger partial charge in [-0.1, -0.05) is 35.3 Å². The fourth-order valence-corrected chi connectivity index (χ4v) is 4.54. The highest BCUT2D eigenvalue weighted by atomic mass is 35.5. The van der Waals surface area contributed by atoms with Crippen LogP contribution < -0.4 is 14.2 Å². The van der Waals surface area contributed by atoms with E-state index in [-0.39, 0.29) is 45.8 Å². The van der Waals surface area contributed by atoms with E-state index < -0.39 is 23.5 Å². The Balaban J connectivity index is 2.24. The summed E-state index contributed by atoms with van der Waals surface area (Å²) < 4.78 is 21.2. The zero-order valence-corrected chi connectivity index (χ0v) is 20.7. The van der Waals surface area contributed by atoms with Gasteiger partial charge in [-0.3, -0.25) is 9.59 Å². The van der Waals surface area contributed by atoms with E-state index in [9.17, 15) is 14.7 Å². The molecule has 1 aliphatic rings. The molecule has 1 unspecified atom stereocenters. The van der Waals surface area contributed by atoms with Gasteiger partial charge in [-0.15, -0.1) is 0 Å². The Hall–Kier alpha value is -2.94. The second kappa shape index (κ2) is 11.0. The molecule has 3 rings (SSSR count). The van der Waals surface area contributed by atoms with Crippen LogP contribution in [0, 0.1) is 0 Å². The number of nitrogens with zero attached hydrogens (tertiary/aromatic N) is 1. The van der Waals surface area contributed by atoms with Crippen molar-refractivity contribution < 1.29 is 33.6 Å². The minimum atomic E-state index is -0.879. The van der Waals surface area contributed by atoms with Gasteiger partial charge in [-0.2, -0.15) is 0 Å². The van der Waals surface area contributed by atoms with Gasteiger partial charge in [0.2, 0.25) is 0 Å². The lowest BCUT2D eigenvalue weighted by Crippen LogP contribution is -2.32. The molecule has 2 aromatic rings. The van der Waals surface area contributed by atoms with Gasteiger partial charge in [0.05, 0.1) is 49.6 Å². The molecule has 10 heteroatoms. The van der Waals surface area contributed by atoms with Crippen molar-refractivity contribution in [3.05, 3.63) is 57.1 Å². The van der Waals surface area contributed by atoms with Gasteiger partial charge in [-0.25, -0.2) is 0 Å². The molecule has 0 bridgehead atoms. The third-order valence-corrected chi connectivity index (χ3v) is 6.00. The van der Waals surface area contributed by atoms with Crippen LogP contribution in [-0.4, -0.2) is 62.8 Å². The predicted molar refractivity (Wildman–Crippen MR) is 128 cm³/mol. The van der Waals surface area contributed by atoms with Crippen LogP contribution in [0.2, 0.25) is 10.0 Å². The Morgan fingerprint density at radius 3 is 2.26 bits per heavy atom.